The molecule has 2 aromatic rings. The highest BCUT2D eigenvalue weighted by Crippen LogP contribution is 2.35. The van der Waals surface area contributed by atoms with Crippen molar-refractivity contribution in [2.24, 2.45) is 10.3 Å². The Hall–Kier alpha value is -3.66. The predicted octanol–water partition coefficient (Wildman–Crippen LogP) is 2.00. The van der Waals surface area contributed by atoms with E-state index >= 15 is 0 Å². The van der Waals surface area contributed by atoms with Crippen molar-refractivity contribution in [1.29, 1.82) is 0 Å². The fraction of sp³-hybridized carbons (Fsp3) is 0.211. The molecule has 2 aromatic carbocycles. The maximum Gasteiger partial charge on any atom is 0.263 e. The number of ether oxygens (including phenoxy) is 2. The summed E-state index contributed by atoms with van der Waals surface area (Å²) in [6.45, 7) is -0.114. The number of rotatable bonds is 4. The smallest absolute Gasteiger partial charge is 0.263 e. The molecule has 5 rings (SSSR count). The van der Waals surface area contributed by atoms with Crippen molar-refractivity contribution in [1.82, 2.24) is 5.01 Å². The number of anilines is 2. The van der Waals surface area contributed by atoms with Crippen LogP contribution in [0, 0.1) is 0 Å². The molecule has 0 unspecified atom stereocenters. The van der Waals surface area contributed by atoms with Gasteiger partial charge in [-0.25, -0.2) is 4.90 Å². The van der Waals surface area contributed by atoms with Crippen molar-refractivity contribution in [3.8, 4) is 11.5 Å². The molecule has 0 bridgehead atoms. The number of amides is 3. The fourth-order valence-electron chi connectivity index (χ4n) is 3.52. The van der Waals surface area contributed by atoms with Gasteiger partial charge in [0.1, 0.15) is 6.54 Å². The summed E-state index contributed by atoms with van der Waals surface area (Å²) in [5, 5.41) is 12.2. The summed E-state index contributed by atoms with van der Waals surface area (Å²) >= 11 is 5.88. The number of carbonyl (C=O) groups excluding carboxylic acids is 3. The minimum absolute atomic E-state index is 0.129. The number of halogens is 1. The summed E-state index contributed by atoms with van der Waals surface area (Å²) in [5.74, 6) is -0.271. The normalized spacial score (nSPS) is 21.4. The summed E-state index contributed by atoms with van der Waals surface area (Å²) in [6.07, 6.45) is 0. The monoisotopic (exact) mass is 427 g/mol. The third-order valence-corrected chi connectivity index (χ3v) is 5.16. The highest BCUT2D eigenvalue weighted by Gasteiger charge is 2.55. The first-order valence-electron chi connectivity index (χ1n) is 9.01. The van der Waals surface area contributed by atoms with Gasteiger partial charge in [0.05, 0.1) is 5.69 Å². The average molecular weight is 428 g/mol. The standard InChI is InChI=1S/C19H14ClN5O5/c20-10-1-4-12(5-2-10)25-18(27)16-17(19(25)28)24(23-22-16)8-15(26)21-11-3-6-13-14(7-11)30-9-29-13/h1-7,16-17H,8-9H2,(H,21,26)/t16-,17-/m0/s1. The molecule has 0 aromatic heterocycles. The lowest BCUT2D eigenvalue weighted by molar-refractivity contribution is -0.123. The molecular weight excluding hydrogens is 414 g/mol. The van der Waals surface area contributed by atoms with E-state index < -0.39 is 29.8 Å². The van der Waals surface area contributed by atoms with Gasteiger partial charge in [0.25, 0.3) is 11.8 Å². The first-order valence-corrected chi connectivity index (χ1v) is 9.39. The van der Waals surface area contributed by atoms with Crippen LogP contribution in [0.3, 0.4) is 0 Å². The molecule has 3 aliphatic rings. The third-order valence-electron chi connectivity index (χ3n) is 4.90. The number of benzene rings is 2. The van der Waals surface area contributed by atoms with E-state index in [0.29, 0.717) is 27.9 Å². The van der Waals surface area contributed by atoms with E-state index in [1.54, 1.807) is 42.5 Å². The summed E-state index contributed by atoms with van der Waals surface area (Å²) in [6, 6.07) is 9.38. The average Bonchev–Trinajstić information content (AvgIpc) is 3.41. The van der Waals surface area contributed by atoms with Crippen molar-refractivity contribution in [3.05, 3.63) is 47.5 Å². The molecule has 10 nitrogen and oxygen atoms in total. The van der Waals surface area contributed by atoms with E-state index in [4.69, 9.17) is 21.1 Å². The highest BCUT2D eigenvalue weighted by atomic mass is 35.5. The van der Waals surface area contributed by atoms with Crippen LogP contribution in [0.15, 0.2) is 52.8 Å². The molecule has 1 N–H and O–H groups in total. The molecule has 3 amide bonds. The molecule has 0 aliphatic carbocycles. The minimum Gasteiger partial charge on any atom is -0.454 e. The molecule has 3 aliphatic heterocycles. The van der Waals surface area contributed by atoms with Gasteiger partial charge in [0.15, 0.2) is 23.6 Å². The lowest BCUT2D eigenvalue weighted by atomic mass is 10.1. The Morgan fingerprint density at radius 2 is 1.87 bits per heavy atom. The molecule has 2 atom stereocenters. The van der Waals surface area contributed by atoms with Crippen LogP contribution in [0.4, 0.5) is 11.4 Å². The van der Waals surface area contributed by atoms with Crippen LogP contribution in [-0.4, -0.2) is 48.2 Å². The summed E-state index contributed by atoms with van der Waals surface area (Å²) in [4.78, 5) is 39.1. The van der Waals surface area contributed by atoms with Crippen LogP contribution >= 0.6 is 11.6 Å². The molecule has 3 heterocycles. The fourth-order valence-corrected chi connectivity index (χ4v) is 3.65. The number of hydrogen-bond donors (Lipinski definition) is 1. The maximum atomic E-state index is 12.9. The van der Waals surface area contributed by atoms with Crippen LogP contribution in [0.2, 0.25) is 5.02 Å². The van der Waals surface area contributed by atoms with Gasteiger partial charge in [-0.2, -0.15) is 5.11 Å². The van der Waals surface area contributed by atoms with E-state index in [1.807, 2.05) is 0 Å². The van der Waals surface area contributed by atoms with Gasteiger partial charge in [-0.3, -0.25) is 19.4 Å². The van der Waals surface area contributed by atoms with Gasteiger partial charge < -0.3 is 14.8 Å². The zero-order valence-electron chi connectivity index (χ0n) is 15.3. The second-order valence-corrected chi connectivity index (χ2v) is 7.23. The second kappa shape index (κ2) is 6.99. The van der Waals surface area contributed by atoms with Gasteiger partial charge in [0.2, 0.25) is 12.7 Å². The highest BCUT2D eigenvalue weighted by molar-refractivity contribution is 6.31. The lowest BCUT2D eigenvalue weighted by Crippen LogP contribution is -2.43. The largest absolute Gasteiger partial charge is 0.454 e. The Morgan fingerprint density at radius 3 is 2.67 bits per heavy atom. The van der Waals surface area contributed by atoms with E-state index in [2.05, 4.69) is 15.7 Å². The van der Waals surface area contributed by atoms with Crippen LogP contribution in [0.25, 0.3) is 0 Å². The van der Waals surface area contributed by atoms with Crippen molar-refractivity contribution >= 4 is 40.7 Å². The van der Waals surface area contributed by atoms with E-state index in [-0.39, 0.29) is 13.3 Å². The summed E-state index contributed by atoms with van der Waals surface area (Å²) in [7, 11) is 0. The molecule has 30 heavy (non-hydrogen) atoms. The van der Waals surface area contributed by atoms with Gasteiger partial charge in [-0.15, -0.1) is 0 Å². The lowest BCUT2D eigenvalue weighted by Gasteiger charge is -2.20. The molecule has 11 heteroatoms. The number of nitrogens with one attached hydrogen (secondary N) is 1. The SMILES string of the molecule is O=C(CN1N=N[C@@H]2C(=O)N(c3ccc(Cl)cc3)C(=O)[C@H]21)Nc1ccc2c(c1)OCO2. The first-order chi connectivity index (χ1) is 14.5. The van der Waals surface area contributed by atoms with Crippen LogP contribution < -0.4 is 19.7 Å². The maximum absolute atomic E-state index is 12.9. The van der Waals surface area contributed by atoms with E-state index in [9.17, 15) is 14.4 Å². The quantitative estimate of drug-likeness (QED) is 0.747. The number of imide groups is 1. The van der Waals surface area contributed by atoms with Gasteiger partial charge in [-0.05, 0) is 36.4 Å². The van der Waals surface area contributed by atoms with Gasteiger partial charge in [0, 0.05) is 16.8 Å². The molecule has 1 fully saturated rings. The topological polar surface area (TPSA) is 113 Å². The Morgan fingerprint density at radius 1 is 1.10 bits per heavy atom. The molecule has 0 saturated carbocycles. The molecule has 0 radical (unpaired) electrons. The molecule has 0 spiro atoms. The first kappa shape index (κ1) is 18.4. The van der Waals surface area contributed by atoms with Crippen LogP contribution in [0.5, 0.6) is 11.5 Å². The van der Waals surface area contributed by atoms with E-state index in [1.165, 1.54) is 5.01 Å². The summed E-state index contributed by atoms with van der Waals surface area (Å²) < 4.78 is 10.5. The Balaban J connectivity index is 1.29. The number of hydrogen-bond acceptors (Lipinski definition) is 8. The second-order valence-electron chi connectivity index (χ2n) is 6.80. The van der Waals surface area contributed by atoms with Crippen LogP contribution in [0.1, 0.15) is 0 Å². The van der Waals surface area contributed by atoms with Crippen molar-refractivity contribution in [3.63, 3.8) is 0 Å². The molecule has 1 saturated heterocycles. The zero-order valence-corrected chi connectivity index (χ0v) is 16.1. The summed E-state index contributed by atoms with van der Waals surface area (Å²) in [5.41, 5.74) is 0.900. The number of nitrogens with zero attached hydrogens (tertiary/aromatic N) is 4. The Bertz CT molecular complexity index is 1090. The van der Waals surface area contributed by atoms with Crippen LogP contribution in [-0.2, 0) is 14.4 Å². The van der Waals surface area contributed by atoms with Gasteiger partial charge >= 0.3 is 0 Å². The molecule has 152 valence electrons. The third kappa shape index (κ3) is 3.01. The number of carbonyl (C=O) groups is 3. The van der Waals surface area contributed by atoms with Crippen molar-refractivity contribution in [2.75, 3.05) is 23.6 Å². The Labute approximate surface area is 175 Å². The predicted molar refractivity (Wildman–Crippen MR) is 104 cm³/mol. The van der Waals surface area contributed by atoms with Gasteiger partial charge in [-0.1, -0.05) is 16.8 Å². The Kier molecular flexibility index (Phi) is 4.28. The van der Waals surface area contributed by atoms with E-state index in [0.717, 1.165) is 4.90 Å². The zero-order chi connectivity index (χ0) is 20.8. The van der Waals surface area contributed by atoms with Crippen molar-refractivity contribution < 1.29 is 23.9 Å². The minimum atomic E-state index is -0.980. The van der Waals surface area contributed by atoms with Crippen molar-refractivity contribution in [2.45, 2.75) is 12.1 Å². The molecular formula is C19H14ClN5O5. The number of fused-ring (bicyclic) bond motifs is 2.